The van der Waals surface area contributed by atoms with Gasteiger partial charge in [0.25, 0.3) is 0 Å². The second-order valence-electron chi connectivity index (χ2n) is 10.7. The quantitative estimate of drug-likeness (QED) is 0.349. The predicted molar refractivity (Wildman–Crippen MR) is 145 cm³/mol. The Morgan fingerprint density at radius 3 is 2.67 bits per heavy atom. The predicted octanol–water partition coefficient (Wildman–Crippen LogP) is 5.89. The third-order valence-electron chi connectivity index (χ3n) is 7.85. The molecular formula is C30H36F3N5O. The highest BCUT2D eigenvalue weighted by atomic mass is 19.4. The van der Waals surface area contributed by atoms with E-state index in [9.17, 15) is 18.0 Å². The molecule has 6 nitrogen and oxygen atoms in total. The number of anilines is 1. The minimum atomic E-state index is -4.51. The number of aromatic nitrogens is 2. The minimum Gasteiger partial charge on any atom is -0.376 e. The molecule has 5 rings (SSSR count). The number of alkyl halides is 3. The zero-order chi connectivity index (χ0) is 27.6. The van der Waals surface area contributed by atoms with Crippen LogP contribution in [0.4, 0.5) is 18.9 Å². The third-order valence-corrected chi connectivity index (χ3v) is 7.85. The number of rotatable bonds is 10. The molecule has 1 amide bonds. The van der Waals surface area contributed by atoms with E-state index < -0.39 is 17.8 Å². The Labute approximate surface area is 227 Å². The maximum Gasteiger partial charge on any atom is 0.416 e. The molecule has 2 heterocycles. The van der Waals surface area contributed by atoms with Crippen LogP contribution in [0.2, 0.25) is 0 Å². The van der Waals surface area contributed by atoms with Crippen LogP contribution in [0.25, 0.3) is 0 Å². The molecule has 1 fully saturated rings. The van der Waals surface area contributed by atoms with Gasteiger partial charge in [-0.05, 0) is 73.9 Å². The molecule has 1 saturated carbocycles. The lowest BCUT2D eigenvalue weighted by molar-refractivity contribution is -0.140. The Bertz CT molecular complexity index is 1300. The fraction of sp³-hybridized carbons (Fsp3) is 0.467. The van der Waals surface area contributed by atoms with Crippen molar-refractivity contribution in [1.29, 1.82) is 0 Å². The number of amides is 1. The number of halogens is 3. The van der Waals surface area contributed by atoms with Crippen LogP contribution in [0.15, 0.2) is 54.7 Å². The van der Waals surface area contributed by atoms with Gasteiger partial charge >= 0.3 is 6.18 Å². The van der Waals surface area contributed by atoms with Crippen LogP contribution >= 0.6 is 0 Å². The molecule has 208 valence electrons. The minimum absolute atomic E-state index is 0.0186. The Morgan fingerprint density at radius 2 is 1.95 bits per heavy atom. The molecule has 1 N–H and O–H groups in total. The summed E-state index contributed by atoms with van der Waals surface area (Å²) in [5.74, 6) is 0.555. The van der Waals surface area contributed by atoms with E-state index in [4.69, 9.17) is 0 Å². The molecular weight excluding hydrogens is 503 g/mol. The van der Waals surface area contributed by atoms with Crippen molar-refractivity contribution in [3.63, 3.8) is 0 Å². The summed E-state index contributed by atoms with van der Waals surface area (Å²) in [6.07, 6.45) is 0.876. The second kappa shape index (κ2) is 11.4. The Morgan fingerprint density at radius 1 is 1.15 bits per heavy atom. The Balaban J connectivity index is 1.35. The number of fused-ring (bicyclic) bond motifs is 1. The van der Waals surface area contributed by atoms with Crippen LogP contribution in [0.5, 0.6) is 0 Å². The molecule has 0 saturated heterocycles. The first kappa shape index (κ1) is 27.2. The highest BCUT2D eigenvalue weighted by Crippen LogP contribution is 2.35. The fourth-order valence-corrected chi connectivity index (χ4v) is 5.42. The smallest absolute Gasteiger partial charge is 0.376 e. The zero-order valence-corrected chi connectivity index (χ0v) is 22.5. The first-order chi connectivity index (χ1) is 18.7. The highest BCUT2D eigenvalue weighted by Gasteiger charge is 2.35. The SMILES string of the molecule is CCn1ccc(C(C)N(Cc2ccccc2C(F)(F)F)C(=O)CNc2cccc3c2CCN(CC2CC2)C3)n1. The third kappa shape index (κ3) is 6.46. The van der Waals surface area contributed by atoms with E-state index >= 15 is 0 Å². The van der Waals surface area contributed by atoms with Crippen molar-refractivity contribution in [3.8, 4) is 0 Å². The van der Waals surface area contributed by atoms with Crippen molar-refractivity contribution >= 4 is 11.6 Å². The summed E-state index contributed by atoms with van der Waals surface area (Å²) in [5.41, 5.74) is 3.39. The van der Waals surface area contributed by atoms with E-state index in [2.05, 4.69) is 21.4 Å². The van der Waals surface area contributed by atoms with Gasteiger partial charge in [0.15, 0.2) is 0 Å². The number of benzene rings is 2. The van der Waals surface area contributed by atoms with Gasteiger partial charge in [0.05, 0.1) is 23.8 Å². The van der Waals surface area contributed by atoms with Gasteiger partial charge in [-0.15, -0.1) is 0 Å². The molecule has 2 aromatic carbocycles. The number of carbonyl (C=O) groups excluding carboxylic acids is 1. The van der Waals surface area contributed by atoms with Crippen molar-refractivity contribution in [1.82, 2.24) is 19.6 Å². The summed E-state index contributed by atoms with van der Waals surface area (Å²) in [4.78, 5) is 17.7. The summed E-state index contributed by atoms with van der Waals surface area (Å²) in [6, 6.07) is 12.9. The van der Waals surface area contributed by atoms with Crippen LogP contribution in [0.1, 0.15) is 60.7 Å². The first-order valence-electron chi connectivity index (χ1n) is 13.8. The second-order valence-corrected chi connectivity index (χ2v) is 10.7. The highest BCUT2D eigenvalue weighted by molar-refractivity contribution is 5.81. The van der Waals surface area contributed by atoms with Gasteiger partial charge in [0.1, 0.15) is 0 Å². The lowest BCUT2D eigenvalue weighted by atomic mass is 9.97. The van der Waals surface area contributed by atoms with Crippen LogP contribution < -0.4 is 5.32 Å². The summed E-state index contributed by atoms with van der Waals surface area (Å²) in [7, 11) is 0. The van der Waals surface area contributed by atoms with Gasteiger partial charge in [-0.2, -0.15) is 18.3 Å². The lowest BCUT2D eigenvalue weighted by Crippen LogP contribution is -2.38. The largest absolute Gasteiger partial charge is 0.416 e. The van der Waals surface area contributed by atoms with Gasteiger partial charge < -0.3 is 10.2 Å². The summed E-state index contributed by atoms with van der Waals surface area (Å²) >= 11 is 0. The fourth-order valence-electron chi connectivity index (χ4n) is 5.42. The monoisotopic (exact) mass is 539 g/mol. The molecule has 0 spiro atoms. The molecule has 1 aliphatic carbocycles. The van der Waals surface area contributed by atoms with Crippen molar-refractivity contribution in [2.75, 3.05) is 25.0 Å². The molecule has 2 aliphatic rings. The molecule has 9 heteroatoms. The average Bonchev–Trinajstić information content (AvgIpc) is 3.60. The number of nitrogens with one attached hydrogen (secondary N) is 1. The van der Waals surface area contributed by atoms with E-state index in [1.165, 1.54) is 41.0 Å². The number of nitrogens with zero attached hydrogens (tertiary/aromatic N) is 4. The zero-order valence-electron chi connectivity index (χ0n) is 22.5. The maximum atomic E-state index is 13.8. The lowest BCUT2D eigenvalue weighted by Gasteiger charge is -2.31. The van der Waals surface area contributed by atoms with E-state index in [-0.39, 0.29) is 24.6 Å². The van der Waals surface area contributed by atoms with Gasteiger partial charge in [0, 0.05) is 44.6 Å². The Hall–Kier alpha value is -3.33. The van der Waals surface area contributed by atoms with E-state index in [1.807, 2.05) is 38.2 Å². The molecule has 0 radical (unpaired) electrons. The van der Waals surface area contributed by atoms with Crippen LogP contribution in [-0.2, 0) is 37.0 Å². The van der Waals surface area contributed by atoms with Crippen molar-refractivity contribution in [2.24, 2.45) is 5.92 Å². The number of carbonyl (C=O) groups is 1. The summed E-state index contributed by atoms with van der Waals surface area (Å²) in [5, 5.41) is 7.84. The number of aryl methyl sites for hydroxylation is 1. The van der Waals surface area contributed by atoms with E-state index in [1.54, 1.807) is 10.7 Å². The van der Waals surface area contributed by atoms with Crippen molar-refractivity contribution in [3.05, 3.63) is 82.7 Å². The van der Waals surface area contributed by atoms with Crippen LogP contribution in [-0.4, -0.2) is 45.1 Å². The van der Waals surface area contributed by atoms with Gasteiger partial charge in [-0.3, -0.25) is 14.4 Å². The Kier molecular flexibility index (Phi) is 7.98. The molecule has 1 aromatic heterocycles. The van der Waals surface area contributed by atoms with Gasteiger partial charge in [0.2, 0.25) is 5.91 Å². The average molecular weight is 540 g/mol. The molecule has 0 bridgehead atoms. The number of hydrogen-bond acceptors (Lipinski definition) is 4. The topological polar surface area (TPSA) is 53.4 Å². The summed E-state index contributed by atoms with van der Waals surface area (Å²) < 4.78 is 43.1. The van der Waals surface area contributed by atoms with Gasteiger partial charge in [-0.25, -0.2) is 0 Å². The van der Waals surface area contributed by atoms with E-state index in [0.29, 0.717) is 12.2 Å². The van der Waals surface area contributed by atoms with Crippen LogP contribution in [0, 0.1) is 5.92 Å². The van der Waals surface area contributed by atoms with Crippen molar-refractivity contribution < 1.29 is 18.0 Å². The normalized spacial score (nSPS) is 16.5. The standard InChI is InChI=1S/C30H36F3N5O/c1-3-37-16-14-27(35-37)21(2)38(20-24-7-4-5-9-26(24)30(31,32)33)29(39)17-34-28-10-6-8-23-19-36(15-13-25(23)28)18-22-11-12-22/h4-10,14,16,21-22,34H,3,11-13,15,17-20H2,1-2H3. The first-order valence-corrected chi connectivity index (χ1v) is 13.8. The van der Waals surface area contributed by atoms with Crippen LogP contribution in [0.3, 0.4) is 0 Å². The van der Waals surface area contributed by atoms with Gasteiger partial charge in [-0.1, -0.05) is 30.3 Å². The summed E-state index contributed by atoms with van der Waals surface area (Å²) in [6.45, 7) is 7.30. The molecule has 1 aliphatic heterocycles. The molecule has 1 atom stereocenters. The van der Waals surface area contributed by atoms with Crippen molar-refractivity contribution in [2.45, 2.75) is 65.0 Å². The maximum absolute atomic E-state index is 13.8. The van der Waals surface area contributed by atoms with E-state index in [0.717, 1.165) is 43.7 Å². The molecule has 3 aromatic rings. The molecule has 39 heavy (non-hydrogen) atoms. The molecule has 1 unspecified atom stereocenters. The number of hydrogen-bond donors (Lipinski definition) is 1.